The zero-order valence-corrected chi connectivity index (χ0v) is 26.5. The molecular formula is C32H20Cl3F6NO3S. The standard InChI is InChI=1S/C32H20Cl3F6NO3S/c1-14-2-9-26(46-14)25(44)13-19-22(36)7-4-16(29(19)38)11-24(43)18-12-17(5-6-21(18)33)42-30(45)28-27(31(28,34)35)15-3-8-23(37)20(10-15)32(39,40)41/h2-10,12,27-28H,11,13H2,1H3,(H,42,45)/t27-,28+/m0/s1. The lowest BCUT2D eigenvalue weighted by Crippen LogP contribution is -2.17. The first kappa shape index (κ1) is 34.0. The van der Waals surface area contributed by atoms with E-state index in [1.54, 1.807) is 19.1 Å². The first-order valence-electron chi connectivity index (χ1n) is 13.4. The van der Waals surface area contributed by atoms with Crippen molar-refractivity contribution in [1.29, 1.82) is 0 Å². The van der Waals surface area contributed by atoms with Crippen LogP contribution < -0.4 is 5.32 Å². The summed E-state index contributed by atoms with van der Waals surface area (Å²) in [5.41, 5.74) is -2.39. The van der Waals surface area contributed by atoms with E-state index in [0.717, 1.165) is 23.1 Å². The maximum atomic E-state index is 15.4. The van der Waals surface area contributed by atoms with Gasteiger partial charge < -0.3 is 5.32 Å². The molecule has 1 aliphatic carbocycles. The molecule has 0 bridgehead atoms. The first-order valence-corrected chi connectivity index (χ1v) is 15.4. The molecule has 1 saturated carbocycles. The highest BCUT2D eigenvalue weighted by molar-refractivity contribution is 7.14. The fraction of sp³-hybridized carbons (Fsp3) is 0.219. The van der Waals surface area contributed by atoms with Crippen LogP contribution in [0.2, 0.25) is 5.02 Å². The predicted octanol–water partition coefficient (Wildman–Crippen LogP) is 9.52. The second kappa shape index (κ2) is 12.7. The summed E-state index contributed by atoms with van der Waals surface area (Å²) in [5, 5.41) is 2.45. The largest absolute Gasteiger partial charge is 0.419 e. The van der Waals surface area contributed by atoms with E-state index in [9.17, 15) is 36.3 Å². The number of halogens is 9. The van der Waals surface area contributed by atoms with Gasteiger partial charge in [0.25, 0.3) is 0 Å². The van der Waals surface area contributed by atoms with Crippen LogP contribution in [0.4, 0.5) is 32.0 Å². The lowest BCUT2D eigenvalue weighted by Gasteiger charge is -2.11. The molecule has 240 valence electrons. The van der Waals surface area contributed by atoms with Crippen molar-refractivity contribution >= 4 is 69.3 Å². The number of Topliss-reactive ketones (excluding diaryl/α,β-unsaturated/α-hetero) is 2. The third-order valence-electron chi connectivity index (χ3n) is 7.49. The molecule has 0 saturated heterocycles. The molecule has 3 aromatic carbocycles. The molecule has 5 rings (SSSR count). The van der Waals surface area contributed by atoms with Gasteiger partial charge in [-0.05, 0) is 66.6 Å². The maximum absolute atomic E-state index is 15.4. The topological polar surface area (TPSA) is 63.2 Å². The molecule has 1 N–H and O–H groups in total. The van der Waals surface area contributed by atoms with Crippen molar-refractivity contribution in [1.82, 2.24) is 0 Å². The number of hydrogen-bond donors (Lipinski definition) is 1. The Morgan fingerprint density at radius 2 is 1.59 bits per heavy atom. The SMILES string of the molecule is Cc1ccc(C(=O)Cc2c(F)ccc(CC(=O)c3cc(NC(=O)[C@H]4[C@H](c5ccc(F)c(C(F)(F)F)c5)C4(Cl)Cl)ccc3Cl)c2F)s1. The van der Waals surface area contributed by atoms with Gasteiger partial charge in [-0.1, -0.05) is 23.7 Å². The Morgan fingerprint density at radius 3 is 2.24 bits per heavy atom. The quantitative estimate of drug-likeness (QED) is 0.107. The summed E-state index contributed by atoms with van der Waals surface area (Å²) in [4.78, 5) is 40.1. The summed E-state index contributed by atoms with van der Waals surface area (Å²) in [7, 11) is 0. The molecule has 1 aliphatic rings. The Balaban J connectivity index is 1.32. The summed E-state index contributed by atoms with van der Waals surface area (Å²) < 4.78 is 81.5. The van der Waals surface area contributed by atoms with Crippen LogP contribution in [0.25, 0.3) is 0 Å². The summed E-state index contributed by atoms with van der Waals surface area (Å²) in [6, 6.07) is 11.4. The fourth-order valence-electron chi connectivity index (χ4n) is 5.10. The normalized spacial score (nSPS) is 17.1. The third kappa shape index (κ3) is 6.83. The number of hydrogen-bond acceptors (Lipinski definition) is 4. The molecule has 1 amide bonds. The van der Waals surface area contributed by atoms with E-state index in [2.05, 4.69) is 5.32 Å². The van der Waals surface area contributed by atoms with Crippen molar-refractivity contribution in [2.24, 2.45) is 5.92 Å². The van der Waals surface area contributed by atoms with Crippen molar-refractivity contribution in [3.8, 4) is 0 Å². The van der Waals surface area contributed by atoms with Crippen LogP contribution in [0.5, 0.6) is 0 Å². The van der Waals surface area contributed by atoms with Crippen LogP contribution in [0.1, 0.15) is 53.1 Å². The number of nitrogens with one attached hydrogen (secondary N) is 1. The Bertz CT molecular complexity index is 1890. The summed E-state index contributed by atoms with van der Waals surface area (Å²) >= 11 is 19.9. The first-order chi connectivity index (χ1) is 21.5. The number of carbonyl (C=O) groups excluding carboxylic acids is 3. The van der Waals surface area contributed by atoms with Gasteiger partial charge in [0.2, 0.25) is 5.91 Å². The van der Waals surface area contributed by atoms with Gasteiger partial charge in [-0.15, -0.1) is 34.5 Å². The number of alkyl halides is 5. The number of amides is 1. The highest BCUT2D eigenvalue weighted by Crippen LogP contribution is 2.65. The molecule has 0 unspecified atom stereocenters. The number of carbonyl (C=O) groups is 3. The minimum Gasteiger partial charge on any atom is -0.326 e. The third-order valence-corrected chi connectivity index (χ3v) is 9.81. The van der Waals surface area contributed by atoms with Gasteiger partial charge in [-0.3, -0.25) is 14.4 Å². The van der Waals surface area contributed by atoms with Crippen LogP contribution >= 0.6 is 46.1 Å². The van der Waals surface area contributed by atoms with E-state index in [4.69, 9.17) is 34.8 Å². The molecule has 46 heavy (non-hydrogen) atoms. The average molecular weight is 719 g/mol. The number of ketones is 2. The molecule has 1 aromatic heterocycles. The molecule has 4 nitrogen and oxygen atoms in total. The van der Waals surface area contributed by atoms with Gasteiger partial charge in [0, 0.05) is 40.5 Å². The number of rotatable bonds is 9. The van der Waals surface area contributed by atoms with Crippen molar-refractivity contribution in [3.05, 3.63) is 121 Å². The Hall–Kier alpha value is -3.38. The molecule has 14 heteroatoms. The van der Waals surface area contributed by atoms with E-state index in [-0.39, 0.29) is 27.4 Å². The molecule has 0 aliphatic heterocycles. The maximum Gasteiger partial charge on any atom is 0.419 e. The van der Waals surface area contributed by atoms with Gasteiger partial charge in [0.15, 0.2) is 11.6 Å². The van der Waals surface area contributed by atoms with Gasteiger partial charge in [-0.2, -0.15) is 13.2 Å². The van der Waals surface area contributed by atoms with E-state index < -0.39 is 81.2 Å². The second-order valence-corrected chi connectivity index (χ2v) is 13.8. The number of benzene rings is 3. The van der Waals surface area contributed by atoms with Gasteiger partial charge in [0.05, 0.1) is 21.4 Å². The molecule has 1 fully saturated rings. The van der Waals surface area contributed by atoms with E-state index in [1.165, 1.54) is 29.5 Å². The van der Waals surface area contributed by atoms with E-state index >= 15 is 4.39 Å². The molecule has 1 heterocycles. The lowest BCUT2D eigenvalue weighted by molar-refractivity contribution is -0.140. The molecule has 0 spiro atoms. The van der Waals surface area contributed by atoms with Crippen molar-refractivity contribution in [2.75, 3.05) is 5.32 Å². The van der Waals surface area contributed by atoms with Crippen molar-refractivity contribution < 1.29 is 40.7 Å². The van der Waals surface area contributed by atoms with Crippen LogP contribution in [0.3, 0.4) is 0 Å². The zero-order valence-electron chi connectivity index (χ0n) is 23.4. The van der Waals surface area contributed by atoms with Crippen LogP contribution in [0, 0.1) is 30.3 Å². The van der Waals surface area contributed by atoms with Crippen LogP contribution in [-0.4, -0.2) is 21.8 Å². The predicted molar refractivity (Wildman–Crippen MR) is 164 cm³/mol. The molecule has 2 atom stereocenters. The lowest BCUT2D eigenvalue weighted by atomic mass is 9.97. The van der Waals surface area contributed by atoms with Gasteiger partial charge >= 0.3 is 6.18 Å². The Labute approximate surface area is 277 Å². The minimum absolute atomic E-state index is 0.0414. The highest BCUT2D eigenvalue weighted by atomic mass is 35.5. The van der Waals surface area contributed by atoms with Crippen LogP contribution in [-0.2, 0) is 23.8 Å². The molecule has 4 aromatic rings. The monoisotopic (exact) mass is 717 g/mol. The van der Waals surface area contributed by atoms with Crippen molar-refractivity contribution in [2.45, 2.75) is 36.2 Å². The van der Waals surface area contributed by atoms with Crippen LogP contribution in [0.15, 0.2) is 60.7 Å². The summed E-state index contributed by atoms with van der Waals surface area (Å²) in [6.07, 6.45) is -6.10. The highest BCUT2D eigenvalue weighted by Gasteiger charge is 2.67. The van der Waals surface area contributed by atoms with Gasteiger partial charge in [-0.25, -0.2) is 13.2 Å². The summed E-state index contributed by atoms with van der Waals surface area (Å²) in [5.74, 6) is -7.80. The van der Waals surface area contributed by atoms with Crippen molar-refractivity contribution in [3.63, 3.8) is 0 Å². The minimum atomic E-state index is -4.99. The number of aryl methyl sites for hydroxylation is 1. The van der Waals surface area contributed by atoms with E-state index in [1.807, 2.05) is 0 Å². The zero-order chi connectivity index (χ0) is 33.7. The second-order valence-electron chi connectivity index (χ2n) is 10.7. The van der Waals surface area contributed by atoms with E-state index in [0.29, 0.717) is 17.0 Å². The summed E-state index contributed by atoms with van der Waals surface area (Å²) in [6.45, 7) is 1.79. The fourth-order valence-corrected chi connectivity index (χ4v) is 6.96. The Morgan fingerprint density at radius 1 is 0.891 bits per heavy atom. The molecular weight excluding hydrogens is 699 g/mol. The number of anilines is 1. The van der Waals surface area contributed by atoms with Gasteiger partial charge in [0.1, 0.15) is 21.8 Å². The number of thiophene rings is 1. The Kier molecular flexibility index (Phi) is 9.36. The smallest absolute Gasteiger partial charge is 0.326 e. The average Bonchev–Trinajstić information content (AvgIpc) is 3.29. The molecule has 0 radical (unpaired) electrons.